The molecule has 2 bridgehead atoms. The molecule has 8 nitrogen and oxygen atoms in total. The number of oxazole rings is 1. The van der Waals surface area contributed by atoms with Gasteiger partial charge in [0.1, 0.15) is 16.9 Å². The van der Waals surface area contributed by atoms with Crippen molar-refractivity contribution in [1.82, 2.24) is 19.9 Å². The first-order valence-corrected chi connectivity index (χ1v) is 8.91. The van der Waals surface area contributed by atoms with E-state index in [4.69, 9.17) is 24.9 Å². The zero-order valence-corrected chi connectivity index (χ0v) is 14.4. The summed E-state index contributed by atoms with van der Waals surface area (Å²) >= 11 is 0. The summed E-state index contributed by atoms with van der Waals surface area (Å²) in [5.41, 5.74) is 10.1. The second kappa shape index (κ2) is 5.37. The van der Waals surface area contributed by atoms with Crippen LogP contribution in [0.4, 0.5) is 11.8 Å². The van der Waals surface area contributed by atoms with Crippen molar-refractivity contribution in [3.63, 3.8) is 0 Å². The molecular weight excluding hydrogens is 344 g/mol. The van der Waals surface area contributed by atoms with Gasteiger partial charge in [0.05, 0.1) is 37.2 Å². The van der Waals surface area contributed by atoms with Crippen LogP contribution in [-0.4, -0.2) is 45.2 Å². The van der Waals surface area contributed by atoms with E-state index in [1.54, 1.807) is 0 Å². The Kier molecular flexibility index (Phi) is 2.96. The fourth-order valence-corrected chi connectivity index (χ4v) is 3.99. The molecule has 2 unspecified atom stereocenters. The Balaban J connectivity index is 1.42. The minimum Gasteiger partial charge on any atom is -0.424 e. The standard InChI is InChI=1S/C19H16N6O2/c20-19-23-15-5-10(1-4-16(15)27-19)13-2-3-14-18(22-13)24-17(7-21-14)25-11-6-12(25)9-26-8-11/h1-5,7,11-12H,6,8-9H2,(H2,20,23). The maximum absolute atomic E-state index is 5.63. The van der Waals surface area contributed by atoms with E-state index in [2.05, 4.69) is 14.9 Å². The summed E-state index contributed by atoms with van der Waals surface area (Å²) in [5, 5.41) is 0. The zero-order valence-electron chi connectivity index (χ0n) is 14.4. The first kappa shape index (κ1) is 14.9. The highest BCUT2D eigenvalue weighted by Gasteiger charge is 2.43. The van der Waals surface area contributed by atoms with Gasteiger partial charge in [-0.3, -0.25) is 0 Å². The normalized spacial score (nSPS) is 21.6. The quantitative estimate of drug-likeness (QED) is 0.581. The molecule has 2 N–H and O–H groups in total. The second-order valence-electron chi connectivity index (χ2n) is 6.99. The van der Waals surface area contributed by atoms with Crippen LogP contribution in [0.2, 0.25) is 0 Å². The summed E-state index contributed by atoms with van der Waals surface area (Å²) in [6.45, 7) is 1.51. The molecule has 2 aliphatic rings. The Hall–Kier alpha value is -3.26. The van der Waals surface area contributed by atoms with E-state index >= 15 is 0 Å². The van der Waals surface area contributed by atoms with E-state index in [1.165, 1.54) is 0 Å². The van der Waals surface area contributed by atoms with Gasteiger partial charge in [0.25, 0.3) is 6.01 Å². The number of ether oxygens (including phenoxy) is 1. The van der Waals surface area contributed by atoms with Crippen LogP contribution in [0.1, 0.15) is 6.42 Å². The molecule has 2 atom stereocenters. The highest BCUT2D eigenvalue weighted by Crippen LogP contribution is 2.35. The van der Waals surface area contributed by atoms with Crippen LogP contribution in [0.15, 0.2) is 40.9 Å². The molecule has 1 aromatic carbocycles. The lowest BCUT2D eigenvalue weighted by molar-refractivity contribution is 0.00969. The first-order valence-electron chi connectivity index (χ1n) is 8.91. The molecule has 0 radical (unpaired) electrons. The van der Waals surface area contributed by atoms with E-state index in [0.29, 0.717) is 28.8 Å². The van der Waals surface area contributed by atoms with Gasteiger partial charge in [0, 0.05) is 5.56 Å². The molecular formula is C19H16N6O2. The number of morpholine rings is 1. The Labute approximate surface area is 154 Å². The predicted molar refractivity (Wildman–Crippen MR) is 100 cm³/mol. The van der Waals surface area contributed by atoms with E-state index < -0.39 is 0 Å². The maximum Gasteiger partial charge on any atom is 0.292 e. The predicted octanol–water partition coefficient (Wildman–Crippen LogP) is 2.39. The first-order chi connectivity index (χ1) is 13.2. The van der Waals surface area contributed by atoms with Crippen molar-refractivity contribution in [1.29, 1.82) is 0 Å². The molecule has 0 aliphatic carbocycles. The van der Waals surface area contributed by atoms with Crippen molar-refractivity contribution < 1.29 is 9.15 Å². The third-order valence-corrected chi connectivity index (χ3v) is 5.31. The van der Waals surface area contributed by atoms with E-state index in [-0.39, 0.29) is 6.01 Å². The average Bonchev–Trinajstić information content (AvgIpc) is 3.07. The zero-order chi connectivity index (χ0) is 18.0. The lowest BCUT2D eigenvalue weighted by Gasteiger charge is -2.52. The van der Waals surface area contributed by atoms with Crippen molar-refractivity contribution in [2.75, 3.05) is 23.8 Å². The molecule has 0 saturated carbocycles. The number of nitrogens with two attached hydrogens (primary N) is 1. The van der Waals surface area contributed by atoms with Crippen molar-refractivity contribution in [2.45, 2.75) is 18.5 Å². The topological polar surface area (TPSA) is 103 Å². The molecule has 0 amide bonds. The molecule has 4 aromatic rings. The molecule has 0 spiro atoms. The van der Waals surface area contributed by atoms with Crippen LogP contribution < -0.4 is 10.6 Å². The maximum atomic E-state index is 5.63. The van der Waals surface area contributed by atoms with Gasteiger partial charge in [0.15, 0.2) is 11.2 Å². The smallest absolute Gasteiger partial charge is 0.292 e. The third-order valence-electron chi connectivity index (χ3n) is 5.31. The lowest BCUT2D eigenvalue weighted by atomic mass is 9.91. The summed E-state index contributed by atoms with van der Waals surface area (Å²) in [4.78, 5) is 20.5. The fraction of sp³-hybridized carbons (Fsp3) is 0.263. The number of aromatic nitrogens is 4. The van der Waals surface area contributed by atoms with Gasteiger partial charge < -0.3 is 19.8 Å². The Bertz CT molecular complexity index is 1180. The molecule has 27 heavy (non-hydrogen) atoms. The molecule has 8 heteroatoms. The van der Waals surface area contributed by atoms with Crippen LogP contribution in [-0.2, 0) is 4.74 Å². The monoisotopic (exact) mass is 360 g/mol. The number of hydrogen-bond donors (Lipinski definition) is 1. The Morgan fingerprint density at radius 1 is 1.00 bits per heavy atom. The van der Waals surface area contributed by atoms with Crippen LogP contribution in [0.5, 0.6) is 0 Å². The number of benzene rings is 1. The van der Waals surface area contributed by atoms with Crippen molar-refractivity contribution >= 4 is 34.1 Å². The number of rotatable bonds is 2. The molecule has 134 valence electrons. The Morgan fingerprint density at radius 3 is 2.74 bits per heavy atom. The average molecular weight is 360 g/mol. The summed E-state index contributed by atoms with van der Waals surface area (Å²) in [7, 11) is 0. The van der Waals surface area contributed by atoms with Crippen molar-refractivity contribution in [2.24, 2.45) is 0 Å². The number of fused-ring (bicyclic) bond motifs is 4. The second-order valence-corrected chi connectivity index (χ2v) is 6.99. The molecule has 3 aromatic heterocycles. The molecule has 2 aliphatic heterocycles. The summed E-state index contributed by atoms with van der Waals surface area (Å²) < 4.78 is 10.9. The molecule has 2 fully saturated rings. The van der Waals surface area contributed by atoms with Gasteiger partial charge in [-0.15, -0.1) is 0 Å². The van der Waals surface area contributed by atoms with Crippen molar-refractivity contribution in [3.05, 3.63) is 36.5 Å². The van der Waals surface area contributed by atoms with E-state index in [1.807, 2.05) is 36.5 Å². The van der Waals surface area contributed by atoms with Crippen LogP contribution in [0.25, 0.3) is 33.5 Å². The SMILES string of the molecule is Nc1nc2cc(-c3ccc4ncc(N5C6COCC5C6)nc4n3)ccc2o1. The van der Waals surface area contributed by atoms with Crippen LogP contribution >= 0.6 is 0 Å². The summed E-state index contributed by atoms with van der Waals surface area (Å²) in [5.74, 6) is 0.872. The largest absolute Gasteiger partial charge is 0.424 e. The van der Waals surface area contributed by atoms with E-state index in [0.717, 1.165) is 42.2 Å². The lowest BCUT2D eigenvalue weighted by Crippen LogP contribution is -2.64. The van der Waals surface area contributed by atoms with Crippen molar-refractivity contribution in [3.8, 4) is 11.3 Å². The number of hydrogen-bond acceptors (Lipinski definition) is 8. The van der Waals surface area contributed by atoms with Gasteiger partial charge in [-0.2, -0.15) is 4.98 Å². The van der Waals surface area contributed by atoms with Crippen LogP contribution in [0.3, 0.4) is 0 Å². The summed E-state index contributed by atoms with van der Waals surface area (Å²) in [6, 6.07) is 10.5. The van der Waals surface area contributed by atoms with Gasteiger partial charge in [-0.1, -0.05) is 0 Å². The summed E-state index contributed by atoms with van der Waals surface area (Å²) in [6.07, 6.45) is 2.99. The minimum atomic E-state index is 0.160. The van der Waals surface area contributed by atoms with Gasteiger partial charge >= 0.3 is 0 Å². The number of anilines is 2. The molecule has 6 rings (SSSR count). The number of nitrogen functional groups attached to an aromatic ring is 1. The van der Waals surface area contributed by atoms with Crippen LogP contribution in [0, 0.1) is 0 Å². The molecule has 2 saturated heterocycles. The highest BCUT2D eigenvalue weighted by molar-refractivity contribution is 5.82. The van der Waals surface area contributed by atoms with E-state index in [9.17, 15) is 0 Å². The number of nitrogens with zero attached hydrogens (tertiary/aromatic N) is 5. The van der Waals surface area contributed by atoms with Gasteiger partial charge in [0.2, 0.25) is 0 Å². The minimum absolute atomic E-state index is 0.160. The fourth-order valence-electron chi connectivity index (χ4n) is 3.99. The molecule has 5 heterocycles. The Morgan fingerprint density at radius 2 is 1.89 bits per heavy atom. The van der Waals surface area contributed by atoms with Gasteiger partial charge in [-0.25, -0.2) is 15.0 Å². The number of pyridine rings is 1. The third kappa shape index (κ3) is 2.26. The highest BCUT2D eigenvalue weighted by atomic mass is 16.5. The van der Waals surface area contributed by atoms with Gasteiger partial charge in [-0.05, 0) is 36.8 Å².